The van der Waals surface area contributed by atoms with Crippen LogP contribution < -0.4 is 0 Å². The number of nitrogens with zero attached hydrogens (tertiary/aromatic N) is 2. The SMILES string of the molecule is CCCC[C](C)n1ccnc1. The van der Waals surface area contributed by atoms with Gasteiger partial charge in [0.05, 0.1) is 12.4 Å². The van der Waals surface area contributed by atoms with Crippen molar-refractivity contribution in [2.24, 2.45) is 0 Å². The summed E-state index contributed by atoms with van der Waals surface area (Å²) in [7, 11) is 0. The number of unbranched alkanes of at least 4 members (excludes halogenated alkanes) is 1. The van der Waals surface area contributed by atoms with Crippen molar-refractivity contribution in [3.8, 4) is 0 Å². The molecule has 0 fully saturated rings. The number of hydrogen-bond acceptors (Lipinski definition) is 1. The lowest BCUT2D eigenvalue weighted by atomic mass is 10.1. The molecule has 0 atom stereocenters. The molecule has 0 saturated heterocycles. The van der Waals surface area contributed by atoms with Crippen LogP contribution in [0.2, 0.25) is 0 Å². The molecule has 1 aromatic rings. The van der Waals surface area contributed by atoms with Gasteiger partial charge in [-0.2, -0.15) is 0 Å². The van der Waals surface area contributed by atoms with E-state index in [9.17, 15) is 0 Å². The number of imidazole rings is 1. The maximum atomic E-state index is 3.99. The molecule has 11 heavy (non-hydrogen) atoms. The molecule has 1 rings (SSSR count). The first-order valence-electron chi connectivity index (χ1n) is 4.15. The van der Waals surface area contributed by atoms with Gasteiger partial charge in [-0.05, 0) is 13.3 Å². The summed E-state index contributed by atoms with van der Waals surface area (Å²) in [6, 6.07) is 1.38. The van der Waals surface area contributed by atoms with Crippen molar-refractivity contribution in [3.63, 3.8) is 0 Å². The first kappa shape index (κ1) is 8.31. The Morgan fingerprint density at radius 1 is 1.55 bits per heavy atom. The van der Waals surface area contributed by atoms with Crippen molar-refractivity contribution in [2.75, 3.05) is 0 Å². The Morgan fingerprint density at radius 2 is 2.36 bits per heavy atom. The maximum absolute atomic E-state index is 3.99. The van der Waals surface area contributed by atoms with E-state index >= 15 is 0 Å². The van der Waals surface area contributed by atoms with Crippen molar-refractivity contribution in [1.82, 2.24) is 9.55 Å². The summed E-state index contributed by atoms with van der Waals surface area (Å²) >= 11 is 0. The van der Waals surface area contributed by atoms with E-state index in [4.69, 9.17) is 0 Å². The normalized spacial score (nSPS) is 10.8. The van der Waals surface area contributed by atoms with Crippen LogP contribution in [0.25, 0.3) is 0 Å². The standard InChI is InChI=1S/C9H15N2/c1-3-4-5-9(2)11-7-6-10-8-11/h6-8H,3-5H2,1-2H3. The molecule has 0 bridgehead atoms. The van der Waals surface area contributed by atoms with Crippen LogP contribution in [0.1, 0.15) is 33.1 Å². The van der Waals surface area contributed by atoms with Gasteiger partial charge < -0.3 is 4.57 Å². The molecular formula is C9H15N2. The summed E-state index contributed by atoms with van der Waals surface area (Å²) in [5.74, 6) is 0. The predicted octanol–water partition coefficient (Wildman–Crippen LogP) is 2.47. The second-order valence-corrected chi connectivity index (χ2v) is 2.81. The number of aromatic nitrogens is 2. The van der Waals surface area contributed by atoms with E-state index in [1.165, 1.54) is 25.3 Å². The average molecular weight is 151 g/mol. The van der Waals surface area contributed by atoms with Gasteiger partial charge >= 0.3 is 0 Å². The van der Waals surface area contributed by atoms with Gasteiger partial charge in [0, 0.05) is 12.4 Å². The molecule has 1 radical (unpaired) electrons. The first-order valence-corrected chi connectivity index (χ1v) is 4.15. The van der Waals surface area contributed by atoms with E-state index in [2.05, 4.69) is 23.4 Å². The van der Waals surface area contributed by atoms with Gasteiger partial charge in [0.15, 0.2) is 0 Å². The molecular weight excluding hydrogens is 136 g/mol. The van der Waals surface area contributed by atoms with Crippen LogP contribution in [-0.2, 0) is 0 Å². The lowest BCUT2D eigenvalue weighted by Crippen LogP contribution is -2.02. The van der Waals surface area contributed by atoms with E-state index < -0.39 is 0 Å². The van der Waals surface area contributed by atoms with E-state index in [0.29, 0.717) is 0 Å². The molecule has 0 aliphatic rings. The third kappa shape index (κ3) is 2.37. The van der Waals surface area contributed by atoms with Crippen LogP contribution in [-0.4, -0.2) is 9.55 Å². The molecule has 0 aliphatic heterocycles. The van der Waals surface area contributed by atoms with Crippen molar-refractivity contribution in [2.45, 2.75) is 33.1 Å². The Balaban J connectivity index is 2.36. The molecule has 0 amide bonds. The molecule has 0 unspecified atom stereocenters. The van der Waals surface area contributed by atoms with Gasteiger partial charge in [-0.3, -0.25) is 0 Å². The third-order valence-corrected chi connectivity index (χ3v) is 1.84. The molecule has 1 heterocycles. The minimum absolute atomic E-state index is 1.17. The topological polar surface area (TPSA) is 17.8 Å². The lowest BCUT2D eigenvalue weighted by molar-refractivity contribution is 0.650. The van der Waals surface area contributed by atoms with Gasteiger partial charge in [0.1, 0.15) is 0 Å². The summed E-state index contributed by atoms with van der Waals surface area (Å²) in [6.45, 7) is 4.36. The van der Waals surface area contributed by atoms with Crippen molar-refractivity contribution in [1.29, 1.82) is 0 Å². The molecule has 0 aliphatic carbocycles. The number of rotatable bonds is 4. The zero-order valence-corrected chi connectivity index (χ0v) is 7.25. The highest BCUT2D eigenvalue weighted by molar-refractivity contribution is 4.92. The Hall–Kier alpha value is -0.790. The zero-order chi connectivity index (χ0) is 8.10. The quantitative estimate of drug-likeness (QED) is 0.646. The van der Waals surface area contributed by atoms with Crippen molar-refractivity contribution < 1.29 is 0 Å². The van der Waals surface area contributed by atoms with Crippen LogP contribution >= 0.6 is 0 Å². The highest BCUT2D eigenvalue weighted by atomic mass is 15.0. The van der Waals surface area contributed by atoms with Crippen LogP contribution in [0.5, 0.6) is 0 Å². The monoisotopic (exact) mass is 151 g/mol. The van der Waals surface area contributed by atoms with E-state index in [-0.39, 0.29) is 0 Å². The Morgan fingerprint density at radius 3 is 2.91 bits per heavy atom. The van der Waals surface area contributed by atoms with Gasteiger partial charge in [-0.25, -0.2) is 4.98 Å². The van der Waals surface area contributed by atoms with Gasteiger partial charge in [-0.1, -0.05) is 19.8 Å². The molecule has 0 N–H and O–H groups in total. The van der Waals surface area contributed by atoms with Crippen molar-refractivity contribution >= 4 is 0 Å². The Bertz CT molecular complexity index is 179. The summed E-state index contributed by atoms with van der Waals surface area (Å²) in [4.78, 5) is 3.99. The van der Waals surface area contributed by atoms with Crippen molar-refractivity contribution in [3.05, 3.63) is 24.8 Å². The fraction of sp³-hybridized carbons (Fsp3) is 0.556. The lowest BCUT2D eigenvalue weighted by Gasteiger charge is -2.09. The molecule has 61 valence electrons. The molecule has 0 aromatic carbocycles. The molecule has 0 spiro atoms. The summed E-state index contributed by atoms with van der Waals surface area (Å²) in [6.07, 6.45) is 9.36. The van der Waals surface area contributed by atoms with Gasteiger partial charge in [-0.15, -0.1) is 0 Å². The van der Waals surface area contributed by atoms with Gasteiger partial charge in [0.2, 0.25) is 0 Å². The van der Waals surface area contributed by atoms with Crippen LogP contribution in [0.3, 0.4) is 0 Å². The Kier molecular flexibility index (Phi) is 3.14. The summed E-state index contributed by atoms with van der Waals surface area (Å²) in [5, 5.41) is 0. The Labute approximate surface area is 68.3 Å². The number of hydrogen-bond donors (Lipinski definition) is 0. The second kappa shape index (κ2) is 4.16. The highest BCUT2D eigenvalue weighted by Gasteiger charge is 2.02. The van der Waals surface area contributed by atoms with E-state index in [0.717, 1.165) is 0 Å². The smallest absolute Gasteiger partial charge is 0.0951 e. The minimum atomic E-state index is 1.17. The van der Waals surface area contributed by atoms with E-state index in [1.54, 1.807) is 0 Å². The largest absolute Gasteiger partial charge is 0.329 e. The summed E-state index contributed by atoms with van der Waals surface area (Å²) in [5.41, 5.74) is 0. The predicted molar refractivity (Wildman–Crippen MR) is 46.1 cm³/mol. The average Bonchev–Trinajstić information content (AvgIpc) is 2.52. The third-order valence-electron chi connectivity index (χ3n) is 1.84. The zero-order valence-electron chi connectivity index (χ0n) is 7.25. The van der Waals surface area contributed by atoms with Crippen LogP contribution in [0.15, 0.2) is 18.7 Å². The highest BCUT2D eigenvalue weighted by Crippen LogP contribution is 2.11. The first-order chi connectivity index (χ1) is 5.34. The fourth-order valence-electron chi connectivity index (χ4n) is 1.05. The summed E-state index contributed by atoms with van der Waals surface area (Å²) < 4.78 is 2.08. The minimum Gasteiger partial charge on any atom is -0.329 e. The maximum Gasteiger partial charge on any atom is 0.0951 e. The fourth-order valence-corrected chi connectivity index (χ4v) is 1.05. The molecule has 2 nitrogen and oxygen atoms in total. The molecule has 2 heteroatoms. The van der Waals surface area contributed by atoms with Gasteiger partial charge in [0.25, 0.3) is 0 Å². The molecule has 0 saturated carbocycles. The van der Waals surface area contributed by atoms with Crippen LogP contribution in [0.4, 0.5) is 0 Å². The second-order valence-electron chi connectivity index (χ2n) is 2.81. The van der Waals surface area contributed by atoms with Crippen LogP contribution in [0, 0.1) is 6.04 Å². The molecule has 1 aromatic heterocycles. The van der Waals surface area contributed by atoms with E-state index in [1.807, 2.05) is 18.7 Å².